The molecule has 6 heteroatoms. The highest BCUT2D eigenvalue weighted by Crippen LogP contribution is 2.50. The summed E-state index contributed by atoms with van der Waals surface area (Å²) in [5.74, 6) is 0.557. The van der Waals surface area contributed by atoms with E-state index in [1.165, 1.54) is 35.3 Å². The molecule has 3 aromatic rings. The summed E-state index contributed by atoms with van der Waals surface area (Å²) in [7, 11) is 1.63. The van der Waals surface area contributed by atoms with E-state index in [0.717, 1.165) is 35.3 Å². The minimum atomic E-state index is -0.794. The molecule has 36 heavy (non-hydrogen) atoms. The molecule has 2 aliphatic rings. The zero-order valence-corrected chi connectivity index (χ0v) is 22.2. The molecule has 2 aromatic heterocycles. The number of carboxylic acid groups (broad SMARTS) is 1. The van der Waals surface area contributed by atoms with Gasteiger partial charge < -0.3 is 14.6 Å². The molecule has 1 fully saturated rings. The normalized spacial score (nSPS) is 15.5. The van der Waals surface area contributed by atoms with Crippen LogP contribution in [-0.2, 0) is 17.8 Å². The van der Waals surface area contributed by atoms with E-state index in [9.17, 15) is 4.79 Å². The fourth-order valence-electron chi connectivity index (χ4n) is 4.30. The van der Waals surface area contributed by atoms with Gasteiger partial charge in [-0.25, -0.2) is 4.98 Å². The predicted molar refractivity (Wildman–Crippen MR) is 146 cm³/mol. The summed E-state index contributed by atoms with van der Waals surface area (Å²) in [6.07, 6.45) is 11.4. The number of aryl methyl sites for hydroxylation is 1. The monoisotopic (exact) mass is 505 g/mol. The van der Waals surface area contributed by atoms with Crippen LogP contribution in [0.4, 0.5) is 0 Å². The van der Waals surface area contributed by atoms with E-state index < -0.39 is 5.97 Å². The van der Waals surface area contributed by atoms with Crippen molar-refractivity contribution in [1.82, 2.24) is 4.98 Å². The molecule has 0 spiro atoms. The van der Waals surface area contributed by atoms with Gasteiger partial charge in [0.25, 0.3) is 0 Å². The van der Waals surface area contributed by atoms with Crippen LogP contribution in [-0.4, -0.2) is 23.2 Å². The first-order valence-corrected chi connectivity index (χ1v) is 13.5. The Hall–Kier alpha value is -3.12. The first-order chi connectivity index (χ1) is 17.4. The molecule has 0 saturated heterocycles. The molecule has 1 aromatic carbocycles. The fourth-order valence-corrected chi connectivity index (χ4v) is 5.37. The van der Waals surface area contributed by atoms with Crippen LogP contribution in [0.25, 0.3) is 16.0 Å². The topological polar surface area (TPSA) is 68.7 Å². The number of pyridine rings is 1. The minimum absolute atomic E-state index is 0.0957. The lowest BCUT2D eigenvalue weighted by atomic mass is 9.80. The molecule has 0 radical (unpaired) electrons. The number of ether oxygens (including phenoxy) is 2. The third-order valence-electron chi connectivity index (χ3n) is 6.46. The molecule has 190 valence electrons. The number of hydrogen-bond donors (Lipinski definition) is 1. The van der Waals surface area contributed by atoms with Crippen LogP contribution in [0.15, 0.2) is 54.1 Å². The van der Waals surface area contributed by atoms with Crippen molar-refractivity contribution in [2.24, 2.45) is 5.41 Å². The number of methoxy groups -OCH3 is 1. The van der Waals surface area contributed by atoms with Gasteiger partial charge in [0.15, 0.2) is 0 Å². The summed E-state index contributed by atoms with van der Waals surface area (Å²) in [5, 5.41) is 11.1. The molecule has 0 amide bonds. The van der Waals surface area contributed by atoms with Crippen molar-refractivity contribution in [3.05, 3.63) is 70.7 Å². The quantitative estimate of drug-likeness (QED) is 0.321. The standard InChI is InChI=1S/C27H29NO4S.C3H6/c1-27(2)12-5-8-22(27)25-20(17-33-26(25)19-11-13-28-23(15-19)31-3)16-32-21-7-4-6-18(14-21)9-10-24(29)30;1-2-3-1/h4,6-8,11,13-15,17H,5,9-10,12,16H2,1-3H3,(H,29,30);1-3H2. The Morgan fingerprint density at radius 1 is 1.17 bits per heavy atom. The fraction of sp³-hybridized carbons (Fsp3) is 0.400. The average Bonchev–Trinajstić information content (AvgIpc) is 3.64. The number of allylic oxidation sites excluding steroid dienone is 2. The van der Waals surface area contributed by atoms with Crippen molar-refractivity contribution in [2.45, 2.75) is 65.4 Å². The first-order valence-electron chi connectivity index (χ1n) is 12.6. The average molecular weight is 506 g/mol. The highest BCUT2D eigenvalue weighted by Gasteiger charge is 2.32. The first kappa shape index (κ1) is 26.0. The molecule has 5 nitrogen and oxygen atoms in total. The van der Waals surface area contributed by atoms with Crippen molar-refractivity contribution in [1.29, 1.82) is 0 Å². The summed E-state index contributed by atoms with van der Waals surface area (Å²) in [4.78, 5) is 16.4. The number of aromatic nitrogens is 1. The Balaban J connectivity index is 0.000000943. The molecular formula is C30H35NO4S. The van der Waals surface area contributed by atoms with Crippen LogP contribution in [0.5, 0.6) is 11.6 Å². The molecule has 0 bridgehead atoms. The minimum Gasteiger partial charge on any atom is -0.489 e. The van der Waals surface area contributed by atoms with Crippen molar-refractivity contribution >= 4 is 22.9 Å². The number of nitrogens with zero attached hydrogens (tertiary/aromatic N) is 1. The SMILES string of the molecule is C1CC1.COc1cc(-c2scc(COc3cccc(CCC(=O)O)c3)c2C2=CCCC2(C)C)ccn1. The molecule has 0 atom stereocenters. The van der Waals surface area contributed by atoms with Crippen LogP contribution in [0, 0.1) is 5.41 Å². The third-order valence-corrected chi connectivity index (χ3v) is 7.54. The van der Waals surface area contributed by atoms with Crippen LogP contribution < -0.4 is 9.47 Å². The summed E-state index contributed by atoms with van der Waals surface area (Å²) >= 11 is 1.72. The summed E-state index contributed by atoms with van der Waals surface area (Å²) in [6, 6.07) is 11.7. The Bertz CT molecular complexity index is 1220. The van der Waals surface area contributed by atoms with Crippen LogP contribution >= 0.6 is 11.3 Å². The second-order valence-corrected chi connectivity index (χ2v) is 10.9. The summed E-state index contributed by atoms with van der Waals surface area (Å²) in [5.41, 5.74) is 5.92. The van der Waals surface area contributed by atoms with E-state index in [1.807, 2.05) is 36.4 Å². The van der Waals surface area contributed by atoms with E-state index in [0.29, 0.717) is 18.9 Å². The van der Waals surface area contributed by atoms with Crippen molar-refractivity contribution < 1.29 is 19.4 Å². The maximum absolute atomic E-state index is 10.9. The van der Waals surface area contributed by atoms with Crippen molar-refractivity contribution in [2.75, 3.05) is 7.11 Å². The molecule has 0 aliphatic heterocycles. The molecule has 2 heterocycles. The summed E-state index contributed by atoms with van der Waals surface area (Å²) < 4.78 is 11.6. The second kappa shape index (κ2) is 11.7. The molecular weight excluding hydrogens is 470 g/mol. The number of aliphatic carboxylic acids is 1. The van der Waals surface area contributed by atoms with E-state index in [4.69, 9.17) is 14.6 Å². The molecule has 0 unspecified atom stereocenters. The van der Waals surface area contributed by atoms with Gasteiger partial charge in [-0.1, -0.05) is 51.3 Å². The predicted octanol–water partition coefficient (Wildman–Crippen LogP) is 7.79. The van der Waals surface area contributed by atoms with Gasteiger partial charge in [0.1, 0.15) is 12.4 Å². The van der Waals surface area contributed by atoms with Gasteiger partial charge in [-0.3, -0.25) is 4.79 Å². The molecule has 1 saturated carbocycles. The lowest BCUT2D eigenvalue weighted by Gasteiger charge is -2.24. The molecule has 1 N–H and O–H groups in total. The Morgan fingerprint density at radius 2 is 1.97 bits per heavy atom. The van der Waals surface area contributed by atoms with Crippen LogP contribution in [0.3, 0.4) is 0 Å². The van der Waals surface area contributed by atoms with Gasteiger partial charge in [0, 0.05) is 34.7 Å². The van der Waals surface area contributed by atoms with Gasteiger partial charge in [-0.15, -0.1) is 11.3 Å². The maximum atomic E-state index is 10.9. The zero-order valence-electron chi connectivity index (χ0n) is 21.4. The lowest BCUT2D eigenvalue weighted by Crippen LogP contribution is -2.11. The van der Waals surface area contributed by atoms with Crippen molar-refractivity contribution in [3.8, 4) is 22.1 Å². The van der Waals surface area contributed by atoms with Gasteiger partial charge >= 0.3 is 5.97 Å². The maximum Gasteiger partial charge on any atom is 0.303 e. The van der Waals surface area contributed by atoms with Gasteiger partial charge in [0.05, 0.1) is 7.11 Å². The zero-order chi connectivity index (χ0) is 25.5. The largest absolute Gasteiger partial charge is 0.489 e. The van der Waals surface area contributed by atoms with E-state index in [1.54, 1.807) is 24.6 Å². The van der Waals surface area contributed by atoms with E-state index >= 15 is 0 Å². The summed E-state index contributed by atoms with van der Waals surface area (Å²) in [6.45, 7) is 5.05. The van der Waals surface area contributed by atoms with Crippen LogP contribution in [0.2, 0.25) is 0 Å². The van der Waals surface area contributed by atoms with E-state index in [2.05, 4.69) is 30.3 Å². The van der Waals surface area contributed by atoms with Crippen molar-refractivity contribution in [3.63, 3.8) is 0 Å². The number of carboxylic acids is 1. The number of rotatable bonds is 9. The number of benzene rings is 1. The smallest absolute Gasteiger partial charge is 0.303 e. The second-order valence-electron chi connectivity index (χ2n) is 9.98. The lowest BCUT2D eigenvalue weighted by molar-refractivity contribution is -0.136. The number of thiophene rings is 1. The van der Waals surface area contributed by atoms with Gasteiger partial charge in [-0.05, 0) is 65.0 Å². The van der Waals surface area contributed by atoms with Crippen LogP contribution in [0.1, 0.15) is 69.1 Å². The number of hydrogen-bond acceptors (Lipinski definition) is 5. The highest BCUT2D eigenvalue weighted by molar-refractivity contribution is 7.14. The Morgan fingerprint density at radius 3 is 2.64 bits per heavy atom. The third kappa shape index (κ3) is 6.76. The highest BCUT2D eigenvalue weighted by atomic mass is 32.1. The molecule has 2 aliphatic carbocycles. The number of carbonyl (C=O) groups is 1. The molecule has 5 rings (SSSR count). The van der Waals surface area contributed by atoms with Gasteiger partial charge in [0.2, 0.25) is 5.88 Å². The van der Waals surface area contributed by atoms with E-state index in [-0.39, 0.29) is 11.8 Å². The Kier molecular flexibility index (Phi) is 8.47. The Labute approximate surface area is 217 Å². The van der Waals surface area contributed by atoms with Gasteiger partial charge in [-0.2, -0.15) is 0 Å².